The van der Waals surface area contributed by atoms with Crippen LogP contribution in [0.2, 0.25) is 0 Å². The highest BCUT2D eigenvalue weighted by molar-refractivity contribution is 4.76. The number of hydrogen-bond acceptors (Lipinski definition) is 0. The molecule has 0 fully saturated rings. The van der Waals surface area contributed by atoms with Gasteiger partial charge >= 0.3 is 0 Å². The van der Waals surface area contributed by atoms with Gasteiger partial charge < -0.3 is 0 Å². The molecule has 0 aliphatic rings. The van der Waals surface area contributed by atoms with Crippen molar-refractivity contribution in [3.8, 4) is 0 Å². The van der Waals surface area contributed by atoms with E-state index in [-0.39, 0.29) is 0 Å². The molecule has 0 rings (SSSR count). The second-order valence-corrected chi connectivity index (χ2v) is 0.633. The Morgan fingerprint density at radius 2 is 2.17 bits per heavy atom. The Kier molecular flexibility index (Phi) is 2.54. The van der Waals surface area contributed by atoms with Gasteiger partial charge in [-0.2, -0.15) is 0 Å². The molecular weight excluding hydrogens is 93.0 g/mol. The van der Waals surface area contributed by atoms with Crippen LogP contribution in [0.3, 0.4) is 0 Å². The monoisotopic (exact) mass is 95.0 g/mol. The van der Waals surface area contributed by atoms with Gasteiger partial charge in [-0.15, -0.1) is 0 Å². The summed E-state index contributed by atoms with van der Waals surface area (Å²) in [6, 6.07) is 0. The highest BCUT2D eigenvalue weighted by atomic mass is 19.2. The molecule has 35 valence electrons. The molecule has 0 unspecified atom stereocenters. The maximum atomic E-state index is 10.9. The van der Waals surface area contributed by atoms with Gasteiger partial charge in [0.05, 0.1) is 0 Å². The quantitative estimate of drug-likeness (QED) is 0.463. The predicted molar refractivity (Wildman–Crippen MR) is 14.9 cm³/mol. The van der Waals surface area contributed by atoms with E-state index in [1.54, 1.807) is 0 Å². The summed E-state index contributed by atoms with van der Waals surface area (Å²) in [6.07, 6.45) is 0.490. The Bertz CT molecular complexity index is 57.1. The van der Waals surface area contributed by atoms with Crippen molar-refractivity contribution in [2.45, 2.75) is 0 Å². The average molecular weight is 95.0 g/mol. The predicted octanol–water partition coefficient (Wildman–Crippen LogP) is 1.54. The van der Waals surface area contributed by atoms with Crippen molar-refractivity contribution >= 4 is 0 Å². The Morgan fingerprint density at radius 1 is 1.67 bits per heavy atom. The molecule has 0 aliphatic heterocycles. The van der Waals surface area contributed by atoms with Crippen LogP contribution in [0, 0.1) is 6.33 Å². The van der Waals surface area contributed by atoms with E-state index in [9.17, 15) is 13.2 Å². The van der Waals surface area contributed by atoms with Crippen molar-refractivity contribution < 1.29 is 13.2 Å². The lowest BCUT2D eigenvalue weighted by molar-refractivity contribution is 0.437. The van der Waals surface area contributed by atoms with E-state index in [1.165, 1.54) is 0 Å². The molecule has 6 heavy (non-hydrogen) atoms. The molecule has 0 nitrogen and oxygen atoms in total. The third-order valence-corrected chi connectivity index (χ3v) is 0.220. The first-order valence-electron chi connectivity index (χ1n) is 1.25. The second kappa shape index (κ2) is 2.75. The maximum absolute atomic E-state index is 10.9. The van der Waals surface area contributed by atoms with E-state index >= 15 is 0 Å². The van der Waals surface area contributed by atoms with Crippen LogP contribution in [0.25, 0.3) is 0 Å². The van der Waals surface area contributed by atoms with Crippen LogP contribution in [0.1, 0.15) is 0 Å². The number of hydrogen-bond donors (Lipinski definition) is 0. The van der Waals surface area contributed by atoms with E-state index in [2.05, 4.69) is 0 Å². The lowest BCUT2D eigenvalue weighted by Crippen LogP contribution is -1.69. The molecule has 0 aromatic carbocycles. The molecule has 0 aromatic heterocycles. The first kappa shape index (κ1) is 5.53. The smallest absolute Gasteiger partial charge is 0.195 e. The molecule has 3 heteroatoms. The minimum absolute atomic E-state index is 0.490. The van der Waals surface area contributed by atoms with Gasteiger partial charge in [0.15, 0.2) is 12.2 Å². The largest absolute Gasteiger partial charge is 0.243 e. The van der Waals surface area contributed by atoms with Gasteiger partial charge in [0.1, 0.15) is 6.67 Å². The van der Waals surface area contributed by atoms with Gasteiger partial charge in [-0.3, -0.25) is 0 Å². The minimum Gasteiger partial charge on any atom is -0.243 e. The number of alkyl halides is 1. The number of halogens is 3. The van der Waals surface area contributed by atoms with E-state index < -0.39 is 12.5 Å². The highest BCUT2D eigenvalue weighted by Gasteiger charge is 1.87. The first-order valence-corrected chi connectivity index (χ1v) is 1.25. The molecule has 0 N–H and O–H groups in total. The van der Waals surface area contributed by atoms with Crippen LogP contribution in [-0.4, -0.2) is 6.67 Å². The van der Waals surface area contributed by atoms with Crippen molar-refractivity contribution in [2.75, 3.05) is 6.67 Å². The average Bonchev–Trinajstić information content (AvgIpc) is 1.65. The van der Waals surface area contributed by atoms with Crippen LogP contribution < -0.4 is 0 Å². The van der Waals surface area contributed by atoms with E-state index in [0.29, 0.717) is 6.33 Å². The summed E-state index contributed by atoms with van der Waals surface area (Å²) in [6.45, 7) is -1.41. The summed E-state index contributed by atoms with van der Waals surface area (Å²) in [5, 5.41) is 0. The SMILES string of the molecule is F/[C]=C(\F)CF. The molecule has 1 radical (unpaired) electrons. The van der Waals surface area contributed by atoms with Gasteiger partial charge in [-0.1, -0.05) is 0 Å². The lowest BCUT2D eigenvalue weighted by atomic mass is 10.7. The summed E-state index contributed by atoms with van der Waals surface area (Å²) >= 11 is 0. The molecule has 0 amide bonds. The van der Waals surface area contributed by atoms with Crippen molar-refractivity contribution in [3.05, 3.63) is 12.2 Å². The van der Waals surface area contributed by atoms with Crippen molar-refractivity contribution in [1.82, 2.24) is 0 Å². The molecule has 0 atom stereocenters. The zero-order valence-electron chi connectivity index (χ0n) is 2.84. The molecule has 0 heterocycles. The van der Waals surface area contributed by atoms with Crippen LogP contribution in [-0.2, 0) is 0 Å². The van der Waals surface area contributed by atoms with Gasteiger partial charge in [-0.25, -0.2) is 13.2 Å². The summed E-state index contributed by atoms with van der Waals surface area (Å²) in [5.41, 5.74) is 0. The molecule has 0 saturated heterocycles. The second-order valence-electron chi connectivity index (χ2n) is 0.633. The van der Waals surface area contributed by atoms with E-state index in [4.69, 9.17) is 0 Å². The van der Waals surface area contributed by atoms with Crippen molar-refractivity contribution in [3.63, 3.8) is 0 Å². The van der Waals surface area contributed by atoms with E-state index in [1.807, 2.05) is 0 Å². The fourth-order valence-corrected chi connectivity index (χ4v) is 0.0253. The molecule has 0 aliphatic carbocycles. The summed E-state index contributed by atoms with van der Waals surface area (Å²) in [4.78, 5) is 0. The van der Waals surface area contributed by atoms with Crippen molar-refractivity contribution in [1.29, 1.82) is 0 Å². The number of rotatable bonds is 1. The Labute approximate surface area is 33.3 Å². The van der Waals surface area contributed by atoms with Crippen LogP contribution in [0.5, 0.6) is 0 Å². The van der Waals surface area contributed by atoms with Crippen LogP contribution >= 0.6 is 0 Å². The Balaban J connectivity index is 3.22. The Hall–Kier alpha value is -0.470. The zero-order chi connectivity index (χ0) is 4.99. The normalized spacial score (nSPS) is 12.2. The fraction of sp³-hybridized carbons (Fsp3) is 0.333. The standard InChI is InChI=1S/C3H2F3/c4-1-3(6)2-5/h1H2. The van der Waals surface area contributed by atoms with Gasteiger partial charge in [0.2, 0.25) is 0 Å². The summed E-state index contributed by atoms with van der Waals surface area (Å²) < 4.78 is 32.1. The fourth-order valence-electron chi connectivity index (χ4n) is 0.0253. The molecule has 0 bridgehead atoms. The Morgan fingerprint density at radius 3 is 2.17 bits per heavy atom. The maximum Gasteiger partial charge on any atom is 0.195 e. The van der Waals surface area contributed by atoms with Gasteiger partial charge in [0, 0.05) is 0 Å². The van der Waals surface area contributed by atoms with Gasteiger partial charge in [0.25, 0.3) is 0 Å². The topological polar surface area (TPSA) is 0 Å². The van der Waals surface area contributed by atoms with Crippen LogP contribution in [0.15, 0.2) is 5.83 Å². The van der Waals surface area contributed by atoms with E-state index in [0.717, 1.165) is 0 Å². The lowest BCUT2D eigenvalue weighted by Gasteiger charge is -1.72. The third-order valence-electron chi connectivity index (χ3n) is 0.220. The zero-order valence-corrected chi connectivity index (χ0v) is 2.84. The molecule has 0 spiro atoms. The van der Waals surface area contributed by atoms with Gasteiger partial charge in [-0.05, 0) is 0 Å². The summed E-state index contributed by atoms with van der Waals surface area (Å²) in [5.74, 6) is -1.49. The summed E-state index contributed by atoms with van der Waals surface area (Å²) in [7, 11) is 0. The van der Waals surface area contributed by atoms with Crippen LogP contribution in [0.4, 0.5) is 13.2 Å². The molecular formula is C3H2F3. The molecule has 0 aromatic rings. The van der Waals surface area contributed by atoms with Crippen molar-refractivity contribution in [2.24, 2.45) is 0 Å². The highest BCUT2D eigenvalue weighted by Crippen LogP contribution is 1.93. The molecule has 0 saturated carbocycles. The first-order chi connectivity index (χ1) is 2.81. The minimum atomic E-state index is -1.49. The third kappa shape index (κ3) is 1.81. The number of allylic oxidation sites excluding steroid dienone is 1.